The van der Waals surface area contributed by atoms with Crippen LogP contribution >= 0.6 is 0 Å². The SMILES string of the molecule is CC(C)CN(CC(=O)O)C(=O)NCCC1=CCCC1. The molecule has 1 aliphatic rings. The number of carboxylic acid groups (broad SMARTS) is 1. The number of carboxylic acids is 1. The molecule has 0 aromatic rings. The molecule has 0 saturated heterocycles. The first-order chi connectivity index (χ1) is 8.99. The second kappa shape index (κ2) is 7.81. The number of carbonyl (C=O) groups excluding carboxylic acids is 1. The molecule has 0 heterocycles. The van der Waals surface area contributed by atoms with E-state index in [4.69, 9.17) is 5.11 Å². The molecular formula is C14H24N2O3. The van der Waals surface area contributed by atoms with E-state index in [1.54, 1.807) is 0 Å². The van der Waals surface area contributed by atoms with Crippen LogP contribution in [0.15, 0.2) is 11.6 Å². The van der Waals surface area contributed by atoms with Gasteiger partial charge in [0.05, 0.1) is 0 Å². The van der Waals surface area contributed by atoms with E-state index in [2.05, 4.69) is 11.4 Å². The number of allylic oxidation sites excluding steroid dienone is 1. The number of rotatable bonds is 7. The number of carbonyl (C=O) groups is 2. The Morgan fingerprint density at radius 1 is 1.47 bits per heavy atom. The third kappa shape index (κ3) is 6.27. The van der Waals surface area contributed by atoms with E-state index in [1.807, 2.05) is 13.8 Å². The highest BCUT2D eigenvalue weighted by atomic mass is 16.4. The Balaban J connectivity index is 2.35. The molecule has 0 aliphatic heterocycles. The average molecular weight is 268 g/mol. The second-order valence-electron chi connectivity index (χ2n) is 5.40. The minimum Gasteiger partial charge on any atom is -0.480 e. The molecule has 0 fully saturated rings. The zero-order chi connectivity index (χ0) is 14.3. The number of nitrogens with zero attached hydrogens (tertiary/aromatic N) is 1. The molecule has 1 rings (SSSR count). The monoisotopic (exact) mass is 268 g/mol. The normalized spacial score (nSPS) is 14.4. The van der Waals surface area contributed by atoms with E-state index >= 15 is 0 Å². The van der Waals surface area contributed by atoms with Crippen molar-refractivity contribution in [2.24, 2.45) is 5.92 Å². The Morgan fingerprint density at radius 2 is 2.21 bits per heavy atom. The van der Waals surface area contributed by atoms with Crippen molar-refractivity contribution in [1.82, 2.24) is 10.2 Å². The van der Waals surface area contributed by atoms with Gasteiger partial charge in [-0.1, -0.05) is 25.5 Å². The first-order valence-corrected chi connectivity index (χ1v) is 6.91. The van der Waals surface area contributed by atoms with Crippen molar-refractivity contribution in [2.75, 3.05) is 19.6 Å². The maximum Gasteiger partial charge on any atom is 0.323 e. The van der Waals surface area contributed by atoms with Gasteiger partial charge in [-0.15, -0.1) is 0 Å². The number of hydrogen-bond donors (Lipinski definition) is 2. The predicted octanol–water partition coefficient (Wildman–Crippen LogP) is 2.24. The van der Waals surface area contributed by atoms with Crippen LogP contribution in [0, 0.1) is 5.92 Å². The van der Waals surface area contributed by atoms with Crippen LogP contribution in [-0.2, 0) is 4.79 Å². The van der Waals surface area contributed by atoms with Gasteiger partial charge in [-0.05, 0) is 31.6 Å². The fourth-order valence-corrected chi connectivity index (χ4v) is 2.23. The highest BCUT2D eigenvalue weighted by Crippen LogP contribution is 2.19. The summed E-state index contributed by atoms with van der Waals surface area (Å²) >= 11 is 0. The third-order valence-electron chi connectivity index (χ3n) is 3.06. The molecule has 0 unspecified atom stereocenters. The standard InChI is InChI=1S/C14H24N2O3/c1-11(2)9-16(10-13(17)18)14(19)15-8-7-12-5-3-4-6-12/h5,11H,3-4,6-10H2,1-2H3,(H,15,19)(H,17,18). The largest absolute Gasteiger partial charge is 0.480 e. The molecule has 0 saturated carbocycles. The minimum absolute atomic E-state index is 0.243. The van der Waals surface area contributed by atoms with E-state index in [-0.39, 0.29) is 18.5 Å². The van der Waals surface area contributed by atoms with Gasteiger partial charge in [-0.3, -0.25) is 4.79 Å². The predicted molar refractivity (Wildman–Crippen MR) is 74.0 cm³/mol. The molecule has 19 heavy (non-hydrogen) atoms. The summed E-state index contributed by atoms with van der Waals surface area (Å²) in [5, 5.41) is 11.6. The van der Waals surface area contributed by atoms with Crippen molar-refractivity contribution >= 4 is 12.0 Å². The lowest BCUT2D eigenvalue weighted by Gasteiger charge is -2.23. The fourth-order valence-electron chi connectivity index (χ4n) is 2.23. The first-order valence-electron chi connectivity index (χ1n) is 6.91. The second-order valence-corrected chi connectivity index (χ2v) is 5.40. The van der Waals surface area contributed by atoms with Gasteiger partial charge in [0, 0.05) is 13.1 Å². The molecule has 2 N–H and O–H groups in total. The van der Waals surface area contributed by atoms with Crippen molar-refractivity contribution < 1.29 is 14.7 Å². The maximum absolute atomic E-state index is 11.9. The number of amides is 2. The summed E-state index contributed by atoms with van der Waals surface area (Å²) in [7, 11) is 0. The van der Waals surface area contributed by atoms with E-state index in [9.17, 15) is 9.59 Å². The van der Waals surface area contributed by atoms with Crippen molar-refractivity contribution in [1.29, 1.82) is 0 Å². The van der Waals surface area contributed by atoms with Gasteiger partial charge in [0.2, 0.25) is 0 Å². The molecule has 0 radical (unpaired) electrons. The molecule has 5 nitrogen and oxygen atoms in total. The quantitative estimate of drug-likeness (QED) is 0.696. The smallest absolute Gasteiger partial charge is 0.323 e. The van der Waals surface area contributed by atoms with Crippen LogP contribution in [0.1, 0.15) is 39.5 Å². The zero-order valence-corrected chi connectivity index (χ0v) is 11.8. The zero-order valence-electron chi connectivity index (χ0n) is 11.8. The first kappa shape index (κ1) is 15.5. The van der Waals surface area contributed by atoms with Crippen LogP contribution < -0.4 is 5.32 Å². The highest BCUT2D eigenvalue weighted by molar-refractivity contribution is 5.80. The summed E-state index contributed by atoms with van der Waals surface area (Å²) in [6, 6.07) is -0.283. The van der Waals surface area contributed by atoms with Gasteiger partial charge in [0.1, 0.15) is 6.54 Å². The van der Waals surface area contributed by atoms with Crippen molar-refractivity contribution in [3.8, 4) is 0 Å². The average Bonchev–Trinajstić information content (AvgIpc) is 2.79. The molecule has 108 valence electrons. The van der Waals surface area contributed by atoms with Crippen molar-refractivity contribution in [3.05, 3.63) is 11.6 Å². The fraction of sp³-hybridized carbons (Fsp3) is 0.714. The number of hydrogen-bond acceptors (Lipinski definition) is 2. The van der Waals surface area contributed by atoms with E-state index in [1.165, 1.54) is 16.9 Å². The lowest BCUT2D eigenvalue weighted by molar-refractivity contribution is -0.137. The molecule has 0 aromatic carbocycles. The number of nitrogens with one attached hydrogen (secondary N) is 1. The van der Waals surface area contributed by atoms with Crippen LogP contribution in [0.4, 0.5) is 4.79 Å². The summed E-state index contributed by atoms with van der Waals surface area (Å²) in [6.45, 7) is 4.73. The Hall–Kier alpha value is -1.52. The summed E-state index contributed by atoms with van der Waals surface area (Å²) in [5.74, 6) is -0.725. The molecule has 0 spiro atoms. The molecule has 0 bridgehead atoms. The summed E-state index contributed by atoms with van der Waals surface area (Å²) in [5.41, 5.74) is 1.40. The summed E-state index contributed by atoms with van der Waals surface area (Å²) < 4.78 is 0. The Labute approximate surface area is 114 Å². The van der Waals surface area contributed by atoms with E-state index in [0.717, 1.165) is 19.3 Å². The Kier molecular flexibility index (Phi) is 6.39. The van der Waals surface area contributed by atoms with Gasteiger partial charge < -0.3 is 15.3 Å². The minimum atomic E-state index is -0.977. The van der Waals surface area contributed by atoms with E-state index in [0.29, 0.717) is 13.1 Å². The molecule has 0 atom stereocenters. The van der Waals surface area contributed by atoms with Gasteiger partial charge in [-0.25, -0.2) is 4.79 Å². The molecule has 0 aromatic heterocycles. The van der Waals surface area contributed by atoms with Crippen LogP contribution in [0.5, 0.6) is 0 Å². The van der Waals surface area contributed by atoms with Crippen LogP contribution in [-0.4, -0.2) is 41.6 Å². The number of urea groups is 1. The van der Waals surface area contributed by atoms with Gasteiger partial charge >= 0.3 is 12.0 Å². The van der Waals surface area contributed by atoms with Gasteiger partial charge in [-0.2, -0.15) is 0 Å². The van der Waals surface area contributed by atoms with Crippen LogP contribution in [0.25, 0.3) is 0 Å². The van der Waals surface area contributed by atoms with Crippen LogP contribution in [0.2, 0.25) is 0 Å². The molecule has 1 aliphatic carbocycles. The Bertz CT molecular complexity index is 351. The molecular weight excluding hydrogens is 244 g/mol. The lowest BCUT2D eigenvalue weighted by atomic mass is 10.2. The summed E-state index contributed by atoms with van der Waals surface area (Å²) in [4.78, 5) is 24.0. The lowest BCUT2D eigenvalue weighted by Crippen LogP contribution is -2.44. The van der Waals surface area contributed by atoms with Crippen molar-refractivity contribution in [3.63, 3.8) is 0 Å². The third-order valence-corrected chi connectivity index (χ3v) is 3.06. The van der Waals surface area contributed by atoms with Gasteiger partial charge in [0.15, 0.2) is 0 Å². The van der Waals surface area contributed by atoms with Crippen molar-refractivity contribution in [2.45, 2.75) is 39.5 Å². The Morgan fingerprint density at radius 3 is 2.74 bits per heavy atom. The topological polar surface area (TPSA) is 69.6 Å². The number of aliphatic carboxylic acids is 1. The van der Waals surface area contributed by atoms with Gasteiger partial charge in [0.25, 0.3) is 0 Å². The summed E-state index contributed by atoms with van der Waals surface area (Å²) in [6.07, 6.45) is 6.58. The highest BCUT2D eigenvalue weighted by Gasteiger charge is 2.17. The van der Waals surface area contributed by atoms with Crippen LogP contribution in [0.3, 0.4) is 0 Å². The van der Waals surface area contributed by atoms with E-state index < -0.39 is 5.97 Å². The molecule has 2 amide bonds. The molecule has 5 heteroatoms. The maximum atomic E-state index is 11.9.